The lowest BCUT2D eigenvalue weighted by Crippen LogP contribution is -2.36. The summed E-state index contributed by atoms with van der Waals surface area (Å²) in [7, 11) is 1.60. The predicted octanol–water partition coefficient (Wildman–Crippen LogP) is 2.58. The molecule has 0 amide bonds. The highest BCUT2D eigenvalue weighted by molar-refractivity contribution is 5.32. The first-order valence-electron chi connectivity index (χ1n) is 5.99. The lowest BCUT2D eigenvalue weighted by molar-refractivity contribution is -0.0701. The monoisotopic (exact) mass is 238 g/mol. The Kier molecular flexibility index (Phi) is 4.97. The first-order chi connectivity index (χ1) is 8.04. The maximum Gasteiger partial charge on any atom is 0.119 e. The van der Waals surface area contributed by atoms with Crippen LogP contribution in [0.25, 0.3) is 0 Å². The molecule has 0 aliphatic rings. The van der Waals surface area contributed by atoms with Crippen LogP contribution in [0.5, 0.6) is 5.75 Å². The summed E-state index contributed by atoms with van der Waals surface area (Å²) in [5.74, 6) is 0.847. The van der Waals surface area contributed by atoms with Gasteiger partial charge in [0.1, 0.15) is 11.4 Å². The Hall–Kier alpha value is -1.06. The molecule has 1 unspecified atom stereocenters. The molecule has 1 rings (SSSR count). The molecule has 1 atom stereocenters. The van der Waals surface area contributed by atoms with E-state index in [1.54, 1.807) is 7.11 Å². The van der Waals surface area contributed by atoms with Crippen molar-refractivity contribution in [1.29, 1.82) is 0 Å². The zero-order valence-corrected chi connectivity index (χ0v) is 11.1. The van der Waals surface area contributed by atoms with Gasteiger partial charge in [-0.15, -0.1) is 0 Å². The van der Waals surface area contributed by atoms with Gasteiger partial charge in [0.2, 0.25) is 0 Å². The van der Waals surface area contributed by atoms with Crippen LogP contribution in [0.1, 0.15) is 26.3 Å². The minimum absolute atomic E-state index is 0.0688. The Labute approximate surface area is 103 Å². The first kappa shape index (κ1) is 14.0. The molecule has 0 aromatic heterocycles. The van der Waals surface area contributed by atoms with Crippen molar-refractivity contribution in [3.05, 3.63) is 29.8 Å². The molecule has 1 aromatic rings. The van der Waals surface area contributed by atoms with Gasteiger partial charge in [0, 0.05) is 7.11 Å². The van der Waals surface area contributed by atoms with Crippen LogP contribution in [0.15, 0.2) is 24.3 Å². The third-order valence-corrected chi connectivity index (χ3v) is 2.96. The third kappa shape index (κ3) is 3.20. The summed E-state index contributed by atoms with van der Waals surface area (Å²) in [6.07, 6.45) is 0. The number of benzene rings is 1. The second kappa shape index (κ2) is 6.03. The molecule has 1 N–H and O–H groups in total. The molecule has 0 saturated carbocycles. The van der Waals surface area contributed by atoms with Crippen molar-refractivity contribution in [2.75, 3.05) is 20.3 Å². The molecule has 0 aliphatic carbocycles. The van der Waals surface area contributed by atoms with Crippen LogP contribution in [-0.2, 0) is 10.3 Å². The molecule has 0 heterocycles. The zero-order valence-electron chi connectivity index (χ0n) is 11.1. The normalized spacial score (nSPS) is 14.7. The van der Waals surface area contributed by atoms with Crippen molar-refractivity contribution in [3.8, 4) is 5.75 Å². The smallest absolute Gasteiger partial charge is 0.119 e. The summed E-state index contributed by atoms with van der Waals surface area (Å²) in [5.41, 5.74) is -0.137. The molecule has 17 heavy (non-hydrogen) atoms. The van der Waals surface area contributed by atoms with E-state index in [1.165, 1.54) is 0 Å². The van der Waals surface area contributed by atoms with Crippen LogP contribution in [0.3, 0.4) is 0 Å². The highest BCUT2D eigenvalue weighted by Gasteiger charge is 2.33. The van der Waals surface area contributed by atoms with E-state index in [0.29, 0.717) is 6.61 Å². The standard InChI is InChI=1S/C14H22O3/c1-5-17-13-8-6-7-12(9-13)14(15,10-16-4)11(2)3/h6-9,11,15H,5,10H2,1-4H3. The molecule has 0 fully saturated rings. The van der Waals surface area contributed by atoms with Crippen molar-refractivity contribution in [2.24, 2.45) is 5.92 Å². The highest BCUT2D eigenvalue weighted by atomic mass is 16.5. The topological polar surface area (TPSA) is 38.7 Å². The Bertz CT molecular complexity index is 349. The van der Waals surface area contributed by atoms with Crippen LogP contribution in [0.2, 0.25) is 0 Å². The summed E-state index contributed by atoms with van der Waals surface area (Å²) in [5, 5.41) is 10.7. The molecule has 3 nitrogen and oxygen atoms in total. The maximum absolute atomic E-state index is 10.7. The van der Waals surface area contributed by atoms with Gasteiger partial charge >= 0.3 is 0 Å². The molecule has 96 valence electrons. The number of hydrogen-bond acceptors (Lipinski definition) is 3. The van der Waals surface area contributed by atoms with E-state index in [9.17, 15) is 5.11 Å². The van der Waals surface area contributed by atoms with Crippen molar-refractivity contribution in [3.63, 3.8) is 0 Å². The number of rotatable bonds is 6. The lowest BCUT2D eigenvalue weighted by Gasteiger charge is -2.32. The Balaban J connectivity index is 3.05. The van der Waals surface area contributed by atoms with Crippen LogP contribution < -0.4 is 4.74 Å². The molecule has 0 radical (unpaired) electrons. The molecular weight excluding hydrogens is 216 g/mol. The summed E-state index contributed by atoms with van der Waals surface area (Å²) in [6.45, 7) is 6.79. The lowest BCUT2D eigenvalue weighted by atomic mass is 9.84. The number of methoxy groups -OCH3 is 1. The molecule has 0 aliphatic heterocycles. The number of hydrogen-bond donors (Lipinski definition) is 1. The van der Waals surface area contributed by atoms with E-state index in [1.807, 2.05) is 45.0 Å². The summed E-state index contributed by atoms with van der Waals surface area (Å²) >= 11 is 0. The van der Waals surface area contributed by atoms with Gasteiger partial charge in [-0.25, -0.2) is 0 Å². The van der Waals surface area contributed by atoms with E-state index < -0.39 is 5.60 Å². The average molecular weight is 238 g/mol. The number of aliphatic hydroxyl groups is 1. The molecule has 1 aromatic carbocycles. The fraction of sp³-hybridized carbons (Fsp3) is 0.571. The quantitative estimate of drug-likeness (QED) is 0.828. The summed E-state index contributed by atoms with van der Waals surface area (Å²) in [4.78, 5) is 0. The summed E-state index contributed by atoms with van der Waals surface area (Å²) in [6, 6.07) is 7.56. The van der Waals surface area contributed by atoms with Crippen molar-refractivity contribution >= 4 is 0 Å². The van der Waals surface area contributed by atoms with Crippen LogP contribution in [0, 0.1) is 5.92 Å². The van der Waals surface area contributed by atoms with Gasteiger partial charge in [0.15, 0.2) is 0 Å². The van der Waals surface area contributed by atoms with Gasteiger partial charge < -0.3 is 14.6 Å². The van der Waals surface area contributed by atoms with Crippen molar-refractivity contribution in [1.82, 2.24) is 0 Å². The highest BCUT2D eigenvalue weighted by Crippen LogP contribution is 2.31. The third-order valence-electron chi connectivity index (χ3n) is 2.96. The van der Waals surface area contributed by atoms with Crippen molar-refractivity contribution in [2.45, 2.75) is 26.4 Å². The van der Waals surface area contributed by atoms with Gasteiger partial charge in [-0.05, 0) is 30.5 Å². The number of ether oxygens (including phenoxy) is 2. The molecular formula is C14H22O3. The van der Waals surface area contributed by atoms with E-state index in [4.69, 9.17) is 9.47 Å². The Morgan fingerprint density at radius 3 is 2.59 bits per heavy atom. The second-order valence-corrected chi connectivity index (χ2v) is 4.47. The van der Waals surface area contributed by atoms with Gasteiger partial charge in [-0.1, -0.05) is 26.0 Å². The van der Waals surface area contributed by atoms with E-state index in [2.05, 4.69) is 0 Å². The largest absolute Gasteiger partial charge is 0.494 e. The van der Waals surface area contributed by atoms with Gasteiger partial charge in [-0.2, -0.15) is 0 Å². The van der Waals surface area contributed by atoms with Gasteiger partial charge in [0.25, 0.3) is 0 Å². The SMILES string of the molecule is CCOc1cccc(C(O)(COC)C(C)C)c1. The Morgan fingerprint density at radius 2 is 2.06 bits per heavy atom. The minimum Gasteiger partial charge on any atom is -0.494 e. The molecule has 0 bridgehead atoms. The minimum atomic E-state index is -0.970. The molecule has 3 heteroatoms. The zero-order chi connectivity index (χ0) is 12.9. The van der Waals surface area contributed by atoms with Crippen LogP contribution in [-0.4, -0.2) is 25.4 Å². The second-order valence-electron chi connectivity index (χ2n) is 4.47. The van der Waals surface area contributed by atoms with Gasteiger partial charge in [0.05, 0.1) is 13.2 Å². The molecule has 0 saturated heterocycles. The maximum atomic E-state index is 10.7. The van der Waals surface area contributed by atoms with Crippen LogP contribution in [0.4, 0.5) is 0 Å². The van der Waals surface area contributed by atoms with E-state index >= 15 is 0 Å². The average Bonchev–Trinajstić information content (AvgIpc) is 2.30. The fourth-order valence-electron chi connectivity index (χ4n) is 1.83. The van der Waals surface area contributed by atoms with Crippen molar-refractivity contribution < 1.29 is 14.6 Å². The molecule has 0 spiro atoms. The summed E-state index contributed by atoms with van der Waals surface area (Å²) < 4.78 is 10.6. The van der Waals surface area contributed by atoms with Crippen LogP contribution >= 0.6 is 0 Å². The first-order valence-corrected chi connectivity index (χ1v) is 5.99. The van der Waals surface area contributed by atoms with E-state index in [0.717, 1.165) is 11.3 Å². The Morgan fingerprint density at radius 1 is 1.35 bits per heavy atom. The predicted molar refractivity (Wildman–Crippen MR) is 68.2 cm³/mol. The van der Waals surface area contributed by atoms with E-state index in [-0.39, 0.29) is 12.5 Å². The fourth-order valence-corrected chi connectivity index (χ4v) is 1.83. The van der Waals surface area contributed by atoms with Gasteiger partial charge in [-0.3, -0.25) is 0 Å².